The zero-order chi connectivity index (χ0) is 22.1. The van der Waals surface area contributed by atoms with Gasteiger partial charge in [0.25, 0.3) is 11.8 Å². The third-order valence-corrected chi connectivity index (χ3v) is 5.20. The van der Waals surface area contributed by atoms with Gasteiger partial charge in [0.15, 0.2) is 0 Å². The molecule has 31 heavy (non-hydrogen) atoms. The van der Waals surface area contributed by atoms with Crippen molar-refractivity contribution in [2.24, 2.45) is 0 Å². The van der Waals surface area contributed by atoms with Gasteiger partial charge in [-0.15, -0.1) is 0 Å². The lowest BCUT2D eigenvalue weighted by Gasteiger charge is -2.16. The molecule has 1 N–H and O–H groups in total. The quantitative estimate of drug-likeness (QED) is 0.604. The van der Waals surface area contributed by atoms with Gasteiger partial charge in [-0.3, -0.25) is 9.59 Å². The van der Waals surface area contributed by atoms with E-state index in [-0.39, 0.29) is 11.3 Å². The third-order valence-electron chi connectivity index (χ3n) is 5.20. The molecule has 0 spiro atoms. The minimum Gasteiger partial charge on any atom is -0.497 e. The standard InChI is InChI=1S/C25H21FN2O3/c1-15-4-5-16(2)21(14-15)27-23-22(17-6-12-20(31-3)13-7-17)24(29)28(25(23)30)19-10-8-18(26)9-11-19/h4-14,27H,1-3H3. The van der Waals surface area contributed by atoms with Crippen LogP contribution in [0, 0.1) is 19.7 Å². The summed E-state index contributed by atoms with van der Waals surface area (Å²) in [5.41, 5.74) is 4.01. The van der Waals surface area contributed by atoms with Crippen LogP contribution in [0.5, 0.6) is 5.75 Å². The monoisotopic (exact) mass is 416 g/mol. The summed E-state index contributed by atoms with van der Waals surface area (Å²) < 4.78 is 18.6. The lowest BCUT2D eigenvalue weighted by atomic mass is 10.0. The number of nitrogens with one attached hydrogen (secondary N) is 1. The molecule has 0 aromatic heterocycles. The number of carbonyl (C=O) groups is 2. The van der Waals surface area contributed by atoms with Crippen molar-refractivity contribution in [2.75, 3.05) is 17.3 Å². The van der Waals surface area contributed by atoms with Crippen molar-refractivity contribution in [1.29, 1.82) is 0 Å². The van der Waals surface area contributed by atoms with Crippen LogP contribution in [-0.2, 0) is 9.59 Å². The van der Waals surface area contributed by atoms with E-state index in [4.69, 9.17) is 4.74 Å². The zero-order valence-corrected chi connectivity index (χ0v) is 17.4. The van der Waals surface area contributed by atoms with Gasteiger partial charge in [-0.05, 0) is 73.0 Å². The number of amides is 2. The van der Waals surface area contributed by atoms with Crippen LogP contribution in [-0.4, -0.2) is 18.9 Å². The Balaban J connectivity index is 1.83. The highest BCUT2D eigenvalue weighted by atomic mass is 19.1. The molecule has 5 nitrogen and oxygen atoms in total. The average Bonchev–Trinajstić information content (AvgIpc) is 3.01. The third kappa shape index (κ3) is 3.80. The molecule has 3 aromatic carbocycles. The SMILES string of the molecule is COc1ccc(C2=C(Nc3cc(C)ccc3C)C(=O)N(c3ccc(F)cc3)C2=O)cc1. The summed E-state index contributed by atoms with van der Waals surface area (Å²) in [5, 5.41) is 3.18. The number of anilines is 2. The van der Waals surface area contributed by atoms with Crippen molar-refractivity contribution in [3.63, 3.8) is 0 Å². The van der Waals surface area contributed by atoms with E-state index in [2.05, 4.69) is 5.32 Å². The number of ether oxygens (including phenoxy) is 1. The maximum Gasteiger partial charge on any atom is 0.282 e. The molecule has 0 fully saturated rings. The van der Waals surface area contributed by atoms with E-state index in [0.29, 0.717) is 17.0 Å². The van der Waals surface area contributed by atoms with E-state index >= 15 is 0 Å². The molecule has 0 aliphatic carbocycles. The zero-order valence-electron chi connectivity index (χ0n) is 17.4. The highest BCUT2D eigenvalue weighted by molar-refractivity contribution is 6.46. The van der Waals surface area contributed by atoms with Gasteiger partial charge in [-0.1, -0.05) is 24.3 Å². The van der Waals surface area contributed by atoms with Crippen LogP contribution in [0.2, 0.25) is 0 Å². The first-order valence-corrected chi connectivity index (χ1v) is 9.76. The van der Waals surface area contributed by atoms with Crippen LogP contribution in [0.4, 0.5) is 15.8 Å². The first-order chi connectivity index (χ1) is 14.9. The number of aryl methyl sites for hydroxylation is 2. The number of hydrogen-bond acceptors (Lipinski definition) is 4. The summed E-state index contributed by atoms with van der Waals surface area (Å²) >= 11 is 0. The van der Waals surface area contributed by atoms with Gasteiger partial charge in [0.05, 0.1) is 18.4 Å². The second kappa shape index (κ2) is 8.07. The molecule has 156 valence electrons. The van der Waals surface area contributed by atoms with E-state index in [1.165, 1.54) is 24.3 Å². The number of benzene rings is 3. The number of imide groups is 1. The summed E-state index contributed by atoms with van der Waals surface area (Å²) in [5.74, 6) is -0.779. The molecule has 0 bridgehead atoms. The minimum absolute atomic E-state index is 0.174. The molecule has 1 aliphatic rings. The number of halogens is 1. The minimum atomic E-state index is -0.497. The van der Waals surface area contributed by atoms with Gasteiger partial charge in [0.2, 0.25) is 0 Å². The molecule has 1 heterocycles. The van der Waals surface area contributed by atoms with Gasteiger partial charge in [0, 0.05) is 5.69 Å². The van der Waals surface area contributed by atoms with Crippen LogP contribution in [0.15, 0.2) is 72.4 Å². The van der Waals surface area contributed by atoms with Gasteiger partial charge in [0.1, 0.15) is 17.3 Å². The molecule has 2 amide bonds. The summed E-state index contributed by atoms with van der Waals surface area (Å²) in [6.45, 7) is 3.88. The van der Waals surface area contributed by atoms with Crippen molar-refractivity contribution < 1.29 is 18.7 Å². The number of hydrogen-bond donors (Lipinski definition) is 1. The Kier molecular flexibility index (Phi) is 5.29. The van der Waals surface area contributed by atoms with E-state index in [1.54, 1.807) is 31.4 Å². The molecule has 0 saturated carbocycles. The van der Waals surface area contributed by atoms with E-state index in [0.717, 1.165) is 21.7 Å². The fraction of sp³-hybridized carbons (Fsp3) is 0.120. The number of carbonyl (C=O) groups excluding carboxylic acids is 2. The Morgan fingerprint density at radius 2 is 1.55 bits per heavy atom. The molecule has 0 saturated heterocycles. The number of methoxy groups -OCH3 is 1. The fourth-order valence-corrected chi connectivity index (χ4v) is 3.50. The van der Waals surface area contributed by atoms with Gasteiger partial charge < -0.3 is 10.1 Å². The Hall–Kier alpha value is -3.93. The first-order valence-electron chi connectivity index (χ1n) is 9.76. The Bertz CT molecular complexity index is 1200. The lowest BCUT2D eigenvalue weighted by Crippen LogP contribution is -2.32. The summed E-state index contributed by atoms with van der Waals surface area (Å²) in [4.78, 5) is 27.8. The van der Waals surface area contributed by atoms with Gasteiger partial charge >= 0.3 is 0 Å². The van der Waals surface area contributed by atoms with Crippen LogP contribution in [0.1, 0.15) is 16.7 Å². The molecular weight excluding hydrogens is 395 g/mol. The van der Waals surface area contributed by atoms with Gasteiger partial charge in [-0.2, -0.15) is 0 Å². The van der Waals surface area contributed by atoms with Crippen LogP contribution >= 0.6 is 0 Å². The Morgan fingerprint density at radius 3 is 2.19 bits per heavy atom. The fourth-order valence-electron chi connectivity index (χ4n) is 3.50. The predicted molar refractivity (Wildman–Crippen MR) is 118 cm³/mol. The van der Waals surface area contributed by atoms with E-state index in [9.17, 15) is 14.0 Å². The van der Waals surface area contributed by atoms with Gasteiger partial charge in [-0.25, -0.2) is 9.29 Å². The average molecular weight is 416 g/mol. The summed E-state index contributed by atoms with van der Waals surface area (Å²) in [6.07, 6.45) is 0. The normalized spacial score (nSPS) is 13.7. The number of rotatable bonds is 5. The molecule has 3 aromatic rings. The summed E-state index contributed by atoms with van der Waals surface area (Å²) in [6, 6.07) is 18.1. The predicted octanol–water partition coefficient (Wildman–Crippen LogP) is 4.85. The number of nitrogens with zero attached hydrogens (tertiary/aromatic N) is 1. The Morgan fingerprint density at radius 1 is 0.871 bits per heavy atom. The highest BCUT2D eigenvalue weighted by Crippen LogP contribution is 2.35. The molecular formula is C25H21FN2O3. The van der Waals surface area contributed by atoms with Crippen LogP contribution < -0.4 is 15.0 Å². The maximum atomic E-state index is 13.4. The molecule has 0 atom stereocenters. The second-order valence-corrected chi connectivity index (χ2v) is 7.34. The molecule has 4 rings (SSSR count). The van der Waals surface area contributed by atoms with E-state index < -0.39 is 17.6 Å². The summed E-state index contributed by atoms with van der Waals surface area (Å²) in [7, 11) is 1.56. The second-order valence-electron chi connectivity index (χ2n) is 7.34. The highest BCUT2D eigenvalue weighted by Gasteiger charge is 2.40. The Labute approximate surface area is 179 Å². The molecule has 0 unspecified atom stereocenters. The van der Waals surface area contributed by atoms with Crippen LogP contribution in [0.3, 0.4) is 0 Å². The van der Waals surface area contributed by atoms with Crippen molar-refractivity contribution in [1.82, 2.24) is 0 Å². The maximum absolute atomic E-state index is 13.4. The van der Waals surface area contributed by atoms with Crippen molar-refractivity contribution in [3.8, 4) is 5.75 Å². The molecule has 0 radical (unpaired) electrons. The van der Waals surface area contributed by atoms with Crippen LogP contribution in [0.25, 0.3) is 5.57 Å². The first kappa shape index (κ1) is 20.3. The van der Waals surface area contributed by atoms with Crippen molar-refractivity contribution in [2.45, 2.75) is 13.8 Å². The van der Waals surface area contributed by atoms with Crippen molar-refractivity contribution in [3.05, 3.63) is 94.9 Å². The molecule has 6 heteroatoms. The largest absolute Gasteiger partial charge is 0.497 e. The topological polar surface area (TPSA) is 58.6 Å². The smallest absolute Gasteiger partial charge is 0.282 e. The van der Waals surface area contributed by atoms with E-state index in [1.807, 2.05) is 32.0 Å². The van der Waals surface area contributed by atoms with Crippen molar-refractivity contribution >= 4 is 28.8 Å². The lowest BCUT2D eigenvalue weighted by molar-refractivity contribution is -0.120. The molecule has 1 aliphatic heterocycles.